The lowest BCUT2D eigenvalue weighted by atomic mass is 10.1. The molecule has 2 N–H and O–H groups in total. The van der Waals surface area contributed by atoms with Crippen molar-refractivity contribution in [1.29, 1.82) is 0 Å². The number of fused-ring (bicyclic) bond motifs is 1. The largest absolute Gasteiger partial charge is 0.454 e. The SMILES string of the molecule is CC(C)(C)NCCC(=O)Nc1cc2c(cc1Cl)OCO2. The molecule has 0 spiro atoms. The molecule has 6 heteroatoms. The van der Waals surface area contributed by atoms with Crippen LogP contribution < -0.4 is 20.1 Å². The van der Waals surface area contributed by atoms with E-state index in [4.69, 9.17) is 21.1 Å². The van der Waals surface area contributed by atoms with Crippen LogP contribution in [-0.4, -0.2) is 24.8 Å². The third-order valence-corrected chi connectivity index (χ3v) is 3.06. The molecule has 0 aliphatic carbocycles. The molecule has 0 saturated heterocycles. The first-order valence-electron chi connectivity index (χ1n) is 6.49. The molecular weight excluding hydrogens is 280 g/mol. The second-order valence-corrected chi connectivity index (χ2v) is 6.07. The highest BCUT2D eigenvalue weighted by Crippen LogP contribution is 2.39. The number of amides is 1. The number of ether oxygens (including phenoxy) is 2. The van der Waals surface area contributed by atoms with E-state index in [0.29, 0.717) is 35.2 Å². The summed E-state index contributed by atoms with van der Waals surface area (Å²) >= 11 is 6.09. The topological polar surface area (TPSA) is 59.6 Å². The first-order valence-corrected chi connectivity index (χ1v) is 6.87. The Bertz CT molecular complexity index is 512. The number of hydrogen-bond acceptors (Lipinski definition) is 4. The van der Waals surface area contributed by atoms with E-state index in [1.165, 1.54) is 0 Å². The normalized spacial score (nSPS) is 13.4. The number of hydrogen-bond donors (Lipinski definition) is 2. The Morgan fingerprint density at radius 1 is 1.30 bits per heavy atom. The van der Waals surface area contributed by atoms with Gasteiger partial charge < -0.3 is 20.1 Å². The zero-order valence-corrected chi connectivity index (χ0v) is 12.6. The second-order valence-electron chi connectivity index (χ2n) is 5.66. The maximum Gasteiger partial charge on any atom is 0.231 e. The van der Waals surface area contributed by atoms with E-state index in [0.717, 1.165) is 0 Å². The van der Waals surface area contributed by atoms with Crippen LogP contribution in [0.4, 0.5) is 5.69 Å². The van der Waals surface area contributed by atoms with Crippen LogP contribution in [-0.2, 0) is 4.79 Å². The minimum absolute atomic E-state index is 0.00330. The highest BCUT2D eigenvalue weighted by atomic mass is 35.5. The van der Waals surface area contributed by atoms with Crippen LogP contribution in [0.2, 0.25) is 5.02 Å². The molecule has 1 aliphatic rings. The average Bonchev–Trinajstić information content (AvgIpc) is 2.74. The van der Waals surface area contributed by atoms with Crippen molar-refractivity contribution in [2.24, 2.45) is 0 Å². The predicted molar refractivity (Wildman–Crippen MR) is 78.6 cm³/mol. The average molecular weight is 299 g/mol. The van der Waals surface area contributed by atoms with Gasteiger partial charge in [0.1, 0.15) is 0 Å². The van der Waals surface area contributed by atoms with Crippen molar-refractivity contribution in [2.75, 3.05) is 18.7 Å². The van der Waals surface area contributed by atoms with E-state index in [1.54, 1.807) is 12.1 Å². The van der Waals surface area contributed by atoms with Gasteiger partial charge in [-0.2, -0.15) is 0 Å². The summed E-state index contributed by atoms with van der Waals surface area (Å²) in [5.74, 6) is 1.10. The standard InChI is InChI=1S/C14H19ClN2O3/c1-14(2,3)16-5-4-13(18)17-10-7-12-11(6-9(10)15)19-8-20-12/h6-7,16H,4-5,8H2,1-3H3,(H,17,18). The van der Waals surface area contributed by atoms with Crippen LogP contribution in [0.1, 0.15) is 27.2 Å². The molecule has 2 rings (SSSR count). The Labute approximate surface area is 123 Å². The molecule has 0 atom stereocenters. The molecule has 5 nitrogen and oxygen atoms in total. The molecule has 1 aliphatic heterocycles. The van der Waals surface area contributed by atoms with Crippen molar-refractivity contribution in [2.45, 2.75) is 32.7 Å². The van der Waals surface area contributed by atoms with Crippen LogP contribution in [0.3, 0.4) is 0 Å². The summed E-state index contributed by atoms with van der Waals surface area (Å²) in [5, 5.41) is 6.47. The minimum atomic E-state index is -0.0949. The molecular formula is C14H19ClN2O3. The summed E-state index contributed by atoms with van der Waals surface area (Å²) < 4.78 is 10.5. The van der Waals surface area contributed by atoms with Crippen molar-refractivity contribution in [3.63, 3.8) is 0 Å². The summed E-state index contributed by atoms with van der Waals surface area (Å²) in [6.07, 6.45) is 0.377. The molecule has 0 unspecified atom stereocenters. The van der Waals surface area contributed by atoms with Gasteiger partial charge in [0.2, 0.25) is 12.7 Å². The van der Waals surface area contributed by atoms with Crippen molar-refractivity contribution in [3.8, 4) is 11.5 Å². The third kappa shape index (κ3) is 4.02. The Morgan fingerprint density at radius 2 is 1.95 bits per heavy atom. The molecule has 1 aromatic carbocycles. The summed E-state index contributed by atoms with van der Waals surface area (Å²) in [6.45, 7) is 6.95. The van der Waals surface area contributed by atoms with E-state index in [9.17, 15) is 4.79 Å². The van der Waals surface area contributed by atoms with Crippen LogP contribution in [0.15, 0.2) is 12.1 Å². The lowest BCUT2D eigenvalue weighted by molar-refractivity contribution is -0.116. The first kappa shape index (κ1) is 14.9. The van der Waals surface area contributed by atoms with Crippen molar-refractivity contribution in [1.82, 2.24) is 5.32 Å². The Hall–Kier alpha value is -1.46. The smallest absolute Gasteiger partial charge is 0.231 e. The highest BCUT2D eigenvalue weighted by Gasteiger charge is 2.17. The Morgan fingerprint density at radius 3 is 2.60 bits per heavy atom. The lowest BCUT2D eigenvalue weighted by Gasteiger charge is -2.20. The molecule has 20 heavy (non-hydrogen) atoms. The van der Waals surface area contributed by atoms with Gasteiger partial charge in [0.25, 0.3) is 0 Å². The number of halogens is 1. The molecule has 1 heterocycles. The molecule has 110 valence electrons. The van der Waals surface area contributed by atoms with Gasteiger partial charge in [0.15, 0.2) is 11.5 Å². The van der Waals surface area contributed by atoms with E-state index in [2.05, 4.69) is 31.4 Å². The Kier molecular flexibility index (Phi) is 4.40. The van der Waals surface area contributed by atoms with Crippen LogP contribution in [0, 0.1) is 0 Å². The van der Waals surface area contributed by atoms with Crippen LogP contribution in [0.5, 0.6) is 11.5 Å². The first-order chi connectivity index (χ1) is 9.35. The van der Waals surface area contributed by atoms with Gasteiger partial charge in [-0.05, 0) is 20.8 Å². The lowest BCUT2D eigenvalue weighted by Crippen LogP contribution is -2.37. The molecule has 0 radical (unpaired) electrons. The van der Waals surface area contributed by atoms with Gasteiger partial charge >= 0.3 is 0 Å². The van der Waals surface area contributed by atoms with Gasteiger partial charge in [0.05, 0.1) is 10.7 Å². The van der Waals surface area contributed by atoms with Crippen molar-refractivity contribution in [3.05, 3.63) is 17.2 Å². The zero-order valence-electron chi connectivity index (χ0n) is 11.9. The fourth-order valence-corrected chi connectivity index (χ4v) is 1.98. The van der Waals surface area contributed by atoms with Gasteiger partial charge in [0, 0.05) is 30.6 Å². The van der Waals surface area contributed by atoms with E-state index >= 15 is 0 Å². The number of nitrogens with one attached hydrogen (secondary N) is 2. The third-order valence-electron chi connectivity index (χ3n) is 2.74. The van der Waals surface area contributed by atoms with Crippen LogP contribution >= 0.6 is 11.6 Å². The highest BCUT2D eigenvalue weighted by molar-refractivity contribution is 6.34. The van der Waals surface area contributed by atoms with Crippen molar-refractivity contribution < 1.29 is 14.3 Å². The number of rotatable bonds is 4. The monoisotopic (exact) mass is 298 g/mol. The van der Waals surface area contributed by atoms with E-state index in [-0.39, 0.29) is 18.2 Å². The van der Waals surface area contributed by atoms with Gasteiger partial charge in [-0.15, -0.1) is 0 Å². The van der Waals surface area contributed by atoms with Crippen molar-refractivity contribution >= 4 is 23.2 Å². The fraction of sp³-hybridized carbons (Fsp3) is 0.500. The molecule has 1 amide bonds. The maximum atomic E-state index is 11.9. The quantitative estimate of drug-likeness (QED) is 0.897. The fourth-order valence-electron chi connectivity index (χ4n) is 1.78. The van der Waals surface area contributed by atoms with Gasteiger partial charge in [-0.1, -0.05) is 11.6 Å². The molecule has 0 fully saturated rings. The molecule has 0 saturated carbocycles. The summed E-state index contributed by atoms with van der Waals surface area (Å²) in [5.41, 5.74) is 0.535. The van der Waals surface area contributed by atoms with Crippen LogP contribution in [0.25, 0.3) is 0 Å². The number of carbonyl (C=O) groups is 1. The second kappa shape index (κ2) is 5.89. The maximum absolute atomic E-state index is 11.9. The molecule has 0 aromatic heterocycles. The minimum Gasteiger partial charge on any atom is -0.454 e. The number of benzene rings is 1. The summed E-state index contributed by atoms with van der Waals surface area (Å²) in [7, 11) is 0. The number of anilines is 1. The summed E-state index contributed by atoms with van der Waals surface area (Å²) in [4.78, 5) is 11.9. The predicted octanol–water partition coefficient (Wildman–Crippen LogP) is 2.79. The van der Waals surface area contributed by atoms with E-state index in [1.807, 2.05) is 0 Å². The Balaban J connectivity index is 1.91. The summed E-state index contributed by atoms with van der Waals surface area (Å²) in [6, 6.07) is 3.33. The van der Waals surface area contributed by atoms with Gasteiger partial charge in [-0.3, -0.25) is 4.79 Å². The zero-order chi connectivity index (χ0) is 14.8. The van der Waals surface area contributed by atoms with E-state index < -0.39 is 0 Å². The number of carbonyl (C=O) groups excluding carboxylic acids is 1. The molecule has 1 aromatic rings. The van der Waals surface area contributed by atoms with Gasteiger partial charge in [-0.25, -0.2) is 0 Å². The molecule has 0 bridgehead atoms.